The number of aliphatic hydroxyl groups is 1. The van der Waals surface area contributed by atoms with Gasteiger partial charge in [-0.25, -0.2) is 13.1 Å². The highest BCUT2D eigenvalue weighted by Gasteiger charge is 2.18. The van der Waals surface area contributed by atoms with E-state index < -0.39 is 10.0 Å². The van der Waals surface area contributed by atoms with E-state index in [-0.39, 0.29) is 11.5 Å². The fraction of sp³-hybridized carbons (Fsp3) is 0.600. The van der Waals surface area contributed by atoms with Crippen LogP contribution in [-0.2, 0) is 16.6 Å². The number of sulfonamides is 1. The summed E-state index contributed by atoms with van der Waals surface area (Å²) in [5.74, 6) is 0. The predicted molar refractivity (Wildman–Crippen MR) is 68.6 cm³/mol. The summed E-state index contributed by atoms with van der Waals surface area (Å²) < 4.78 is 26.3. The molecule has 0 spiro atoms. The lowest BCUT2D eigenvalue weighted by atomic mass is 10.4. The molecule has 0 fully saturated rings. The van der Waals surface area contributed by atoms with E-state index in [1.807, 2.05) is 19.0 Å². The van der Waals surface area contributed by atoms with Gasteiger partial charge in [0.2, 0.25) is 10.0 Å². The zero-order valence-electron chi connectivity index (χ0n) is 10.0. The summed E-state index contributed by atoms with van der Waals surface area (Å²) in [5, 5.41) is 10.7. The molecule has 0 aliphatic carbocycles. The molecule has 17 heavy (non-hydrogen) atoms. The first-order valence-electron chi connectivity index (χ1n) is 5.29. The third kappa shape index (κ3) is 4.36. The minimum Gasteiger partial charge on any atom is -0.391 e. The van der Waals surface area contributed by atoms with E-state index in [9.17, 15) is 8.42 Å². The van der Waals surface area contributed by atoms with Crippen molar-refractivity contribution in [2.75, 3.05) is 27.2 Å². The highest BCUT2D eigenvalue weighted by molar-refractivity contribution is 7.89. The molecule has 0 bridgehead atoms. The first kappa shape index (κ1) is 14.6. The van der Waals surface area contributed by atoms with Crippen LogP contribution in [0.4, 0.5) is 0 Å². The molecule has 0 saturated carbocycles. The molecule has 98 valence electrons. The summed E-state index contributed by atoms with van der Waals surface area (Å²) in [5.41, 5.74) is 0. The number of hydrogen-bond donors (Lipinski definition) is 2. The molecule has 1 heterocycles. The second kappa shape index (κ2) is 6.46. The van der Waals surface area contributed by atoms with Gasteiger partial charge in [-0.1, -0.05) is 0 Å². The molecule has 5 nitrogen and oxygen atoms in total. The van der Waals surface area contributed by atoms with Gasteiger partial charge in [-0.2, -0.15) is 0 Å². The molecule has 0 unspecified atom stereocenters. The Hall–Kier alpha value is -0.470. The Bertz CT molecular complexity index is 440. The molecule has 0 amide bonds. The van der Waals surface area contributed by atoms with E-state index in [1.54, 1.807) is 5.38 Å². The van der Waals surface area contributed by atoms with E-state index in [1.165, 1.54) is 17.4 Å². The fourth-order valence-corrected chi connectivity index (χ4v) is 3.73. The minimum absolute atomic E-state index is 0.190. The van der Waals surface area contributed by atoms with Crippen molar-refractivity contribution in [3.8, 4) is 0 Å². The number of nitrogens with one attached hydrogen (secondary N) is 1. The summed E-state index contributed by atoms with van der Waals surface area (Å²) in [7, 11) is 0.408. The summed E-state index contributed by atoms with van der Waals surface area (Å²) in [6.07, 6.45) is 0.755. The number of thiophene rings is 1. The van der Waals surface area contributed by atoms with Gasteiger partial charge in [0.05, 0.1) is 11.5 Å². The molecule has 0 atom stereocenters. The predicted octanol–water partition coefficient (Wildman–Crippen LogP) is 0.470. The maximum atomic E-state index is 11.9. The minimum atomic E-state index is -3.48. The summed E-state index contributed by atoms with van der Waals surface area (Å²) in [4.78, 5) is 2.66. The number of hydrogen-bond acceptors (Lipinski definition) is 5. The van der Waals surface area contributed by atoms with E-state index in [2.05, 4.69) is 4.72 Å². The van der Waals surface area contributed by atoms with Crippen molar-refractivity contribution >= 4 is 21.4 Å². The van der Waals surface area contributed by atoms with Crippen LogP contribution in [0.15, 0.2) is 16.3 Å². The second-order valence-corrected chi connectivity index (χ2v) is 6.66. The molecule has 1 aromatic heterocycles. The Morgan fingerprint density at radius 1 is 1.47 bits per heavy atom. The maximum absolute atomic E-state index is 11.9. The Labute approximate surface area is 106 Å². The van der Waals surface area contributed by atoms with E-state index in [0.29, 0.717) is 11.4 Å². The Kier molecular flexibility index (Phi) is 5.54. The van der Waals surface area contributed by atoms with Crippen molar-refractivity contribution in [3.63, 3.8) is 0 Å². The SMILES string of the molecule is CN(C)CCCNS(=O)(=O)c1ccsc1CO. The van der Waals surface area contributed by atoms with Gasteiger partial charge >= 0.3 is 0 Å². The van der Waals surface area contributed by atoms with Crippen LogP contribution >= 0.6 is 11.3 Å². The molecule has 0 aromatic carbocycles. The molecule has 2 N–H and O–H groups in total. The van der Waals surface area contributed by atoms with Gasteiger partial charge in [-0.05, 0) is 38.5 Å². The van der Waals surface area contributed by atoms with Crippen molar-refractivity contribution in [3.05, 3.63) is 16.3 Å². The molecule has 1 aromatic rings. The van der Waals surface area contributed by atoms with Crippen LogP contribution in [0.5, 0.6) is 0 Å². The average Bonchev–Trinajstić information content (AvgIpc) is 2.73. The fourth-order valence-electron chi connectivity index (χ4n) is 1.36. The van der Waals surface area contributed by atoms with Crippen LogP contribution in [0.25, 0.3) is 0 Å². The van der Waals surface area contributed by atoms with Gasteiger partial charge in [0.15, 0.2) is 0 Å². The third-order valence-corrected chi connectivity index (χ3v) is 4.79. The Morgan fingerprint density at radius 3 is 2.76 bits per heavy atom. The molecule has 1 rings (SSSR count). The topological polar surface area (TPSA) is 69.6 Å². The Balaban J connectivity index is 2.57. The molecular weight excluding hydrogens is 260 g/mol. The van der Waals surface area contributed by atoms with E-state index >= 15 is 0 Å². The quantitative estimate of drug-likeness (QED) is 0.711. The maximum Gasteiger partial charge on any atom is 0.241 e. The van der Waals surface area contributed by atoms with Gasteiger partial charge in [-0.3, -0.25) is 0 Å². The van der Waals surface area contributed by atoms with E-state index in [0.717, 1.165) is 13.0 Å². The molecule has 0 radical (unpaired) electrons. The van der Waals surface area contributed by atoms with Crippen LogP contribution in [0.2, 0.25) is 0 Å². The summed E-state index contributed by atoms with van der Waals surface area (Å²) >= 11 is 1.24. The Morgan fingerprint density at radius 2 is 2.18 bits per heavy atom. The van der Waals surface area contributed by atoms with Crippen LogP contribution in [0.1, 0.15) is 11.3 Å². The lowest BCUT2D eigenvalue weighted by Gasteiger charge is -2.10. The number of rotatable bonds is 7. The van der Waals surface area contributed by atoms with Gasteiger partial charge in [0.25, 0.3) is 0 Å². The van der Waals surface area contributed by atoms with Crippen molar-refractivity contribution < 1.29 is 13.5 Å². The van der Waals surface area contributed by atoms with Gasteiger partial charge in [0.1, 0.15) is 0 Å². The zero-order chi connectivity index (χ0) is 12.9. The number of nitrogens with zero attached hydrogens (tertiary/aromatic N) is 1. The smallest absolute Gasteiger partial charge is 0.241 e. The largest absolute Gasteiger partial charge is 0.391 e. The van der Waals surface area contributed by atoms with Crippen LogP contribution < -0.4 is 4.72 Å². The van der Waals surface area contributed by atoms with Crippen LogP contribution in [0, 0.1) is 0 Å². The first-order chi connectivity index (χ1) is 7.97. The zero-order valence-corrected chi connectivity index (χ0v) is 11.6. The lowest BCUT2D eigenvalue weighted by Crippen LogP contribution is -2.27. The van der Waals surface area contributed by atoms with Crippen molar-refractivity contribution in [2.24, 2.45) is 0 Å². The van der Waals surface area contributed by atoms with Crippen molar-refractivity contribution in [1.29, 1.82) is 0 Å². The van der Waals surface area contributed by atoms with Gasteiger partial charge in [0, 0.05) is 11.4 Å². The monoisotopic (exact) mass is 278 g/mol. The van der Waals surface area contributed by atoms with Crippen molar-refractivity contribution in [1.82, 2.24) is 9.62 Å². The highest BCUT2D eigenvalue weighted by atomic mass is 32.2. The molecule has 7 heteroatoms. The highest BCUT2D eigenvalue weighted by Crippen LogP contribution is 2.21. The first-order valence-corrected chi connectivity index (χ1v) is 7.65. The van der Waals surface area contributed by atoms with E-state index in [4.69, 9.17) is 5.11 Å². The molecule has 0 aliphatic rings. The van der Waals surface area contributed by atoms with Gasteiger partial charge in [-0.15, -0.1) is 11.3 Å². The summed E-state index contributed by atoms with van der Waals surface area (Å²) in [6, 6.07) is 1.52. The molecule has 0 saturated heterocycles. The van der Waals surface area contributed by atoms with Crippen LogP contribution in [-0.4, -0.2) is 45.6 Å². The summed E-state index contributed by atoms with van der Waals surface area (Å²) in [6.45, 7) is 0.992. The van der Waals surface area contributed by atoms with Crippen molar-refractivity contribution in [2.45, 2.75) is 17.9 Å². The second-order valence-electron chi connectivity index (χ2n) is 3.92. The molecule has 0 aliphatic heterocycles. The molecular formula is C10H18N2O3S2. The average molecular weight is 278 g/mol. The third-order valence-electron chi connectivity index (χ3n) is 2.21. The van der Waals surface area contributed by atoms with Crippen LogP contribution in [0.3, 0.4) is 0 Å². The normalized spacial score (nSPS) is 12.2. The van der Waals surface area contributed by atoms with Gasteiger partial charge < -0.3 is 10.0 Å². The standard InChI is InChI=1S/C10H18N2O3S2/c1-12(2)6-3-5-11-17(14,15)10-4-7-16-9(10)8-13/h4,7,11,13H,3,5-6,8H2,1-2H3. The number of aliphatic hydroxyl groups excluding tert-OH is 1. The lowest BCUT2D eigenvalue weighted by molar-refractivity contribution is 0.282.